The summed E-state index contributed by atoms with van der Waals surface area (Å²) in [5.74, 6) is 1.63. The van der Waals surface area contributed by atoms with E-state index in [4.69, 9.17) is 9.47 Å². The molecule has 0 spiro atoms. The minimum Gasteiger partial charge on any atom is -0.486 e. The number of fused-ring (bicyclic) bond motifs is 1. The van der Waals surface area contributed by atoms with Crippen molar-refractivity contribution >= 4 is 10.0 Å². The maximum atomic E-state index is 12.4. The van der Waals surface area contributed by atoms with Crippen LogP contribution < -0.4 is 14.2 Å². The van der Waals surface area contributed by atoms with Gasteiger partial charge in [0.15, 0.2) is 11.5 Å². The zero-order valence-electron chi connectivity index (χ0n) is 14.6. The molecular formula is C20H23NO4S. The third-order valence-corrected chi connectivity index (χ3v) is 6.47. The molecule has 1 N–H and O–H groups in total. The predicted octanol–water partition coefficient (Wildman–Crippen LogP) is 2.65. The van der Waals surface area contributed by atoms with Gasteiger partial charge in [0.25, 0.3) is 0 Å². The number of hydrogen-bond donors (Lipinski definition) is 1. The predicted molar refractivity (Wildman–Crippen MR) is 100 cm³/mol. The van der Waals surface area contributed by atoms with E-state index in [0.29, 0.717) is 26.2 Å². The molecule has 5 nitrogen and oxygen atoms in total. The smallest absolute Gasteiger partial charge is 0.211 e. The molecule has 138 valence electrons. The molecule has 0 amide bonds. The Morgan fingerprint density at radius 2 is 1.69 bits per heavy atom. The lowest BCUT2D eigenvalue weighted by atomic mass is 9.96. The molecule has 1 heterocycles. The minimum absolute atomic E-state index is 0.105. The van der Waals surface area contributed by atoms with Crippen LogP contribution >= 0.6 is 0 Å². The van der Waals surface area contributed by atoms with E-state index in [-0.39, 0.29) is 11.2 Å². The summed E-state index contributed by atoms with van der Waals surface area (Å²) in [7, 11) is -3.30. The van der Waals surface area contributed by atoms with Crippen LogP contribution in [0.3, 0.4) is 0 Å². The first kappa shape index (κ1) is 17.4. The van der Waals surface area contributed by atoms with Gasteiger partial charge in [0.2, 0.25) is 10.0 Å². The fourth-order valence-corrected chi connectivity index (χ4v) is 4.45. The molecule has 0 bridgehead atoms. The Labute approximate surface area is 154 Å². The van der Waals surface area contributed by atoms with Gasteiger partial charge in [0, 0.05) is 12.0 Å². The second kappa shape index (κ2) is 6.93. The van der Waals surface area contributed by atoms with Crippen molar-refractivity contribution in [3.8, 4) is 11.5 Å². The van der Waals surface area contributed by atoms with Crippen molar-refractivity contribution in [2.45, 2.75) is 24.7 Å². The van der Waals surface area contributed by atoms with Crippen LogP contribution in [0.1, 0.15) is 24.0 Å². The standard InChI is InChI=1S/C20H23NO4S/c22-26(23,13-8-16-4-2-1-3-5-16)21-15-20(9-10-20)17-6-7-18-19(14-17)25-12-11-24-18/h1-7,14,21H,8-13,15H2. The lowest BCUT2D eigenvalue weighted by molar-refractivity contribution is 0.171. The Balaban J connectivity index is 1.39. The van der Waals surface area contributed by atoms with E-state index in [1.54, 1.807) is 0 Å². The maximum Gasteiger partial charge on any atom is 0.211 e. The van der Waals surface area contributed by atoms with Crippen molar-refractivity contribution in [2.24, 2.45) is 0 Å². The van der Waals surface area contributed by atoms with E-state index >= 15 is 0 Å². The Bertz CT molecular complexity index is 876. The summed E-state index contributed by atoms with van der Waals surface area (Å²) in [5, 5.41) is 0. The molecule has 1 aliphatic heterocycles. The third kappa shape index (κ3) is 3.86. The molecule has 0 unspecified atom stereocenters. The molecule has 6 heteroatoms. The molecule has 0 radical (unpaired) electrons. The number of rotatable bonds is 7. The van der Waals surface area contributed by atoms with Crippen molar-refractivity contribution in [1.29, 1.82) is 0 Å². The molecule has 0 saturated heterocycles. The Morgan fingerprint density at radius 3 is 2.42 bits per heavy atom. The highest BCUT2D eigenvalue weighted by molar-refractivity contribution is 7.89. The van der Waals surface area contributed by atoms with Crippen molar-refractivity contribution < 1.29 is 17.9 Å². The monoisotopic (exact) mass is 373 g/mol. The van der Waals surface area contributed by atoms with E-state index in [2.05, 4.69) is 4.72 Å². The molecule has 1 fully saturated rings. The lowest BCUT2D eigenvalue weighted by Gasteiger charge is -2.22. The SMILES string of the molecule is O=S(=O)(CCc1ccccc1)NCC1(c2ccc3c(c2)OCCO3)CC1. The summed E-state index contributed by atoms with van der Waals surface area (Å²) >= 11 is 0. The maximum absolute atomic E-state index is 12.4. The summed E-state index contributed by atoms with van der Waals surface area (Å²) in [6.07, 6.45) is 2.48. The van der Waals surface area contributed by atoms with Crippen LogP contribution in [0.15, 0.2) is 48.5 Å². The fourth-order valence-electron chi connectivity index (χ4n) is 3.31. The van der Waals surface area contributed by atoms with Gasteiger partial charge in [-0.15, -0.1) is 0 Å². The second-order valence-corrected chi connectivity index (χ2v) is 8.94. The van der Waals surface area contributed by atoms with E-state index < -0.39 is 10.0 Å². The molecule has 26 heavy (non-hydrogen) atoms. The molecular weight excluding hydrogens is 350 g/mol. The number of sulfonamides is 1. The van der Waals surface area contributed by atoms with Gasteiger partial charge < -0.3 is 9.47 Å². The number of hydrogen-bond acceptors (Lipinski definition) is 4. The van der Waals surface area contributed by atoms with Crippen LogP contribution in [0.5, 0.6) is 11.5 Å². The van der Waals surface area contributed by atoms with Crippen molar-refractivity contribution in [2.75, 3.05) is 25.5 Å². The van der Waals surface area contributed by atoms with Crippen LogP contribution in [0, 0.1) is 0 Å². The molecule has 4 rings (SSSR count). The molecule has 1 aliphatic carbocycles. The summed E-state index contributed by atoms with van der Waals surface area (Å²) in [5.41, 5.74) is 2.04. The van der Waals surface area contributed by atoms with Crippen LogP contribution in [0.2, 0.25) is 0 Å². The van der Waals surface area contributed by atoms with Crippen LogP contribution in [-0.2, 0) is 21.9 Å². The zero-order valence-corrected chi connectivity index (χ0v) is 15.4. The summed E-state index contributed by atoms with van der Waals surface area (Å²) in [4.78, 5) is 0. The average molecular weight is 373 g/mol. The van der Waals surface area contributed by atoms with Gasteiger partial charge >= 0.3 is 0 Å². The van der Waals surface area contributed by atoms with Gasteiger partial charge in [0.05, 0.1) is 5.75 Å². The summed E-state index contributed by atoms with van der Waals surface area (Å²) in [6.45, 7) is 1.55. The van der Waals surface area contributed by atoms with E-state index in [1.807, 2.05) is 48.5 Å². The van der Waals surface area contributed by atoms with E-state index in [9.17, 15) is 8.42 Å². The Morgan fingerprint density at radius 1 is 0.962 bits per heavy atom. The minimum atomic E-state index is -3.30. The molecule has 0 atom stereocenters. The molecule has 2 aromatic rings. The van der Waals surface area contributed by atoms with Gasteiger partial charge in [-0.2, -0.15) is 0 Å². The van der Waals surface area contributed by atoms with Crippen LogP contribution in [0.25, 0.3) is 0 Å². The molecule has 2 aliphatic rings. The van der Waals surface area contributed by atoms with Gasteiger partial charge in [0.1, 0.15) is 13.2 Å². The first-order valence-corrected chi connectivity index (χ1v) is 10.6. The first-order chi connectivity index (χ1) is 12.6. The Hall–Kier alpha value is -2.05. The molecule has 2 aromatic carbocycles. The number of benzene rings is 2. The van der Waals surface area contributed by atoms with Crippen LogP contribution in [0.4, 0.5) is 0 Å². The third-order valence-electron chi connectivity index (χ3n) is 5.14. The molecule has 0 aromatic heterocycles. The number of nitrogens with one attached hydrogen (secondary N) is 1. The normalized spacial score (nSPS) is 17.7. The van der Waals surface area contributed by atoms with Crippen LogP contribution in [-0.4, -0.2) is 33.9 Å². The summed E-state index contributed by atoms with van der Waals surface area (Å²) < 4.78 is 38.8. The average Bonchev–Trinajstić information content (AvgIpc) is 3.47. The first-order valence-electron chi connectivity index (χ1n) is 8.98. The lowest BCUT2D eigenvalue weighted by Crippen LogP contribution is -2.34. The summed E-state index contributed by atoms with van der Waals surface area (Å²) in [6, 6.07) is 15.6. The highest BCUT2D eigenvalue weighted by Gasteiger charge is 2.45. The second-order valence-electron chi connectivity index (χ2n) is 7.01. The fraction of sp³-hybridized carbons (Fsp3) is 0.400. The van der Waals surface area contributed by atoms with Crippen molar-refractivity contribution in [3.05, 3.63) is 59.7 Å². The number of ether oxygens (including phenoxy) is 2. The van der Waals surface area contributed by atoms with E-state index in [0.717, 1.165) is 35.5 Å². The zero-order chi connectivity index (χ0) is 18.0. The largest absolute Gasteiger partial charge is 0.486 e. The van der Waals surface area contributed by atoms with Gasteiger partial charge in [-0.1, -0.05) is 36.4 Å². The highest BCUT2D eigenvalue weighted by atomic mass is 32.2. The van der Waals surface area contributed by atoms with Crippen molar-refractivity contribution in [3.63, 3.8) is 0 Å². The molecule has 1 saturated carbocycles. The topological polar surface area (TPSA) is 64.6 Å². The van der Waals surface area contributed by atoms with Gasteiger partial charge in [-0.05, 0) is 42.5 Å². The van der Waals surface area contributed by atoms with Crippen molar-refractivity contribution in [1.82, 2.24) is 4.72 Å². The van der Waals surface area contributed by atoms with Gasteiger partial charge in [-0.25, -0.2) is 13.1 Å². The number of aryl methyl sites for hydroxylation is 1. The quantitative estimate of drug-likeness (QED) is 0.810. The highest BCUT2D eigenvalue weighted by Crippen LogP contribution is 2.49. The van der Waals surface area contributed by atoms with E-state index in [1.165, 1.54) is 0 Å². The van der Waals surface area contributed by atoms with Gasteiger partial charge in [-0.3, -0.25) is 0 Å². The Kier molecular flexibility index (Phi) is 4.63.